The number of nitrogens with zero attached hydrogens (tertiary/aromatic N) is 8. The fourth-order valence-corrected chi connectivity index (χ4v) is 10.0. The van der Waals surface area contributed by atoms with Crippen molar-refractivity contribution in [2.75, 3.05) is 61.4 Å². The molecular formula is C44H51FN10O6S. The Morgan fingerprint density at radius 1 is 1.05 bits per heavy atom. The van der Waals surface area contributed by atoms with Gasteiger partial charge in [0.05, 0.1) is 34.2 Å². The Kier molecular flexibility index (Phi) is 14.3. The van der Waals surface area contributed by atoms with E-state index in [9.17, 15) is 33.8 Å². The molecule has 3 aliphatic heterocycles. The molecule has 3 aromatic rings. The maximum absolute atomic E-state index is 15.6. The quantitative estimate of drug-likeness (QED) is 0.0906. The molecule has 2 unspecified atom stereocenters. The van der Waals surface area contributed by atoms with Crippen LogP contribution in [0, 0.1) is 17.1 Å². The Hall–Kier alpha value is -5.74. The number of nitrogens with one attached hydrogen (secondary N) is 2. The summed E-state index contributed by atoms with van der Waals surface area (Å²) in [6, 6.07) is 11.2. The minimum atomic E-state index is -1.39. The molecular weight excluding hydrogens is 816 g/mol. The maximum atomic E-state index is 15.6. The highest BCUT2D eigenvalue weighted by molar-refractivity contribution is 7.89. The lowest BCUT2D eigenvalue weighted by Gasteiger charge is -2.36. The average molecular weight is 867 g/mol. The van der Waals surface area contributed by atoms with Crippen molar-refractivity contribution in [3.8, 4) is 6.07 Å². The van der Waals surface area contributed by atoms with E-state index in [2.05, 4.69) is 26.6 Å². The number of aromatic nitrogens is 2. The van der Waals surface area contributed by atoms with Crippen LogP contribution in [-0.2, 0) is 32.3 Å². The SMILES string of the molecule is CNC(=O)C(CCC=O)N1C(=O)c2cc(F)c(N3CCN(Cc4cccc([S+]([O-])N5CCC(Nc6ncc(/C=C(\C)C#N)c(N(C=O)C7CCCC7)n6)CC5)c4)CC3)cc2C1=O. The average Bonchev–Trinajstić information content (AvgIpc) is 3.90. The van der Waals surface area contributed by atoms with E-state index in [1.165, 1.54) is 13.1 Å². The number of halogens is 1. The molecule has 7 rings (SSSR count). The van der Waals surface area contributed by atoms with Crippen LogP contribution < -0.4 is 20.4 Å². The lowest BCUT2D eigenvalue weighted by Crippen LogP contribution is -2.48. The summed E-state index contributed by atoms with van der Waals surface area (Å²) >= 11 is -1.39. The van der Waals surface area contributed by atoms with E-state index in [1.807, 2.05) is 33.5 Å². The molecule has 1 aliphatic carbocycles. The van der Waals surface area contributed by atoms with Gasteiger partial charge in [0, 0.05) is 88.7 Å². The van der Waals surface area contributed by atoms with Crippen molar-refractivity contribution in [3.63, 3.8) is 0 Å². The summed E-state index contributed by atoms with van der Waals surface area (Å²) in [6.45, 7) is 5.56. The van der Waals surface area contributed by atoms with Gasteiger partial charge in [-0.05, 0) is 74.9 Å². The second-order valence-corrected chi connectivity index (χ2v) is 17.6. The molecule has 16 nitrogen and oxygen atoms in total. The van der Waals surface area contributed by atoms with Crippen LogP contribution in [0.25, 0.3) is 6.08 Å². The van der Waals surface area contributed by atoms with E-state index in [0.29, 0.717) is 92.7 Å². The number of piperidine rings is 1. The standard InChI is InChI=1S/C44H51FN10O6S/c1-29(25-46)21-31-26-48-44(50-40(31)54(28-57)33-8-3-4-9-33)49-32-12-14-53(15-13-32)62(61)34-10-5-7-30(22-34)27-51-16-18-52(19-17-51)39-24-36-35(23-37(39)45)42(59)55(43(36)60)38(11-6-20-56)41(58)47-2/h5,7,10,20-24,26,28,32-33,38H,3-4,6,8-9,11-19,27H2,1-2H3,(H,47,58)(H,48,49,50)/b29-21+. The summed E-state index contributed by atoms with van der Waals surface area (Å²) in [5, 5.41) is 15.2. The molecule has 4 amide bonds. The number of fused-ring (bicyclic) bond motifs is 1. The summed E-state index contributed by atoms with van der Waals surface area (Å²) in [5.74, 6) is -1.80. The zero-order valence-electron chi connectivity index (χ0n) is 34.9. The number of anilines is 3. The number of allylic oxidation sites excluding steroid dienone is 1. The van der Waals surface area contributed by atoms with Gasteiger partial charge in [-0.1, -0.05) is 25.0 Å². The van der Waals surface area contributed by atoms with E-state index in [0.717, 1.165) is 48.6 Å². The molecule has 326 valence electrons. The highest BCUT2D eigenvalue weighted by Crippen LogP contribution is 2.34. The fraction of sp³-hybridized carbons (Fsp3) is 0.455. The third-order valence-electron chi connectivity index (χ3n) is 12.1. The zero-order chi connectivity index (χ0) is 43.9. The Labute approximate surface area is 363 Å². The molecule has 2 aromatic carbocycles. The van der Waals surface area contributed by atoms with Crippen LogP contribution in [0.1, 0.15) is 90.1 Å². The van der Waals surface area contributed by atoms with Crippen LogP contribution in [-0.4, -0.2) is 123 Å². The fourth-order valence-electron chi connectivity index (χ4n) is 8.74. The van der Waals surface area contributed by atoms with E-state index >= 15 is 4.39 Å². The van der Waals surface area contributed by atoms with Gasteiger partial charge in [0.25, 0.3) is 11.8 Å². The van der Waals surface area contributed by atoms with Gasteiger partial charge in [0.15, 0.2) is 4.90 Å². The molecule has 1 aromatic heterocycles. The van der Waals surface area contributed by atoms with Gasteiger partial charge < -0.3 is 24.9 Å². The molecule has 0 bridgehead atoms. The number of amides is 4. The van der Waals surface area contributed by atoms with E-state index in [-0.39, 0.29) is 41.7 Å². The molecule has 62 heavy (non-hydrogen) atoms. The first kappa shape index (κ1) is 44.3. The molecule has 4 aliphatic rings. The molecule has 0 radical (unpaired) electrons. The largest absolute Gasteiger partial charge is 0.593 e. The Morgan fingerprint density at radius 3 is 2.42 bits per heavy atom. The highest BCUT2D eigenvalue weighted by Gasteiger charge is 2.43. The van der Waals surface area contributed by atoms with Gasteiger partial charge in [0.1, 0.15) is 24.0 Å². The summed E-state index contributed by atoms with van der Waals surface area (Å²) < 4.78 is 31.3. The van der Waals surface area contributed by atoms with Crippen LogP contribution in [0.15, 0.2) is 53.1 Å². The first-order valence-electron chi connectivity index (χ1n) is 21.1. The van der Waals surface area contributed by atoms with Crippen molar-refractivity contribution < 1.29 is 32.9 Å². The van der Waals surface area contributed by atoms with Crippen LogP contribution in [0.3, 0.4) is 0 Å². The minimum Gasteiger partial charge on any atom is -0.593 e. The monoisotopic (exact) mass is 866 g/mol. The second-order valence-electron chi connectivity index (χ2n) is 16.1. The predicted octanol–water partition coefficient (Wildman–Crippen LogP) is 4.06. The van der Waals surface area contributed by atoms with E-state index in [1.54, 1.807) is 24.1 Å². The number of hydrogen-bond donors (Lipinski definition) is 2. The third-order valence-corrected chi connectivity index (χ3v) is 13.6. The molecule has 1 saturated carbocycles. The van der Waals surface area contributed by atoms with Gasteiger partial charge in [-0.25, -0.2) is 9.37 Å². The molecule has 4 heterocycles. The van der Waals surface area contributed by atoms with Crippen molar-refractivity contribution in [1.82, 2.24) is 29.4 Å². The number of likely N-dealkylation sites (N-methyl/N-ethyl adjacent to an activating group) is 1. The van der Waals surface area contributed by atoms with Gasteiger partial charge in [-0.2, -0.15) is 10.2 Å². The first-order valence-corrected chi connectivity index (χ1v) is 22.2. The van der Waals surface area contributed by atoms with E-state index < -0.39 is 40.9 Å². The number of piperazine rings is 1. The highest BCUT2D eigenvalue weighted by atomic mass is 32.2. The number of aldehydes is 1. The van der Waals surface area contributed by atoms with Crippen molar-refractivity contribution in [3.05, 3.63) is 76.2 Å². The van der Waals surface area contributed by atoms with Crippen molar-refractivity contribution in [2.45, 2.75) is 87.9 Å². The molecule has 2 atom stereocenters. The number of carbonyl (C=O) groups excluding carboxylic acids is 5. The smallest absolute Gasteiger partial charge is 0.262 e. The summed E-state index contributed by atoms with van der Waals surface area (Å²) in [7, 11) is 1.38. The van der Waals surface area contributed by atoms with Crippen molar-refractivity contribution in [1.29, 1.82) is 5.26 Å². The number of hydrogen-bond acceptors (Lipinski definition) is 13. The first-order chi connectivity index (χ1) is 30.0. The second kappa shape index (κ2) is 20.0. The summed E-state index contributed by atoms with van der Waals surface area (Å²) in [5.41, 5.74) is 2.21. The van der Waals surface area contributed by atoms with Gasteiger partial charge in [-0.15, -0.1) is 4.31 Å². The summed E-state index contributed by atoms with van der Waals surface area (Å²) in [6.07, 6.45) is 10.0. The third kappa shape index (κ3) is 9.65. The molecule has 18 heteroatoms. The normalized spacial score (nSPS) is 18.9. The number of imide groups is 1. The van der Waals surface area contributed by atoms with Gasteiger partial charge in [0.2, 0.25) is 18.3 Å². The van der Waals surface area contributed by atoms with E-state index in [4.69, 9.17) is 4.98 Å². The zero-order valence-corrected chi connectivity index (χ0v) is 35.7. The molecule has 2 saturated heterocycles. The summed E-state index contributed by atoms with van der Waals surface area (Å²) in [4.78, 5) is 79.1. The minimum absolute atomic E-state index is 0.0234. The van der Waals surface area contributed by atoms with Crippen molar-refractivity contribution >= 4 is 65.3 Å². The maximum Gasteiger partial charge on any atom is 0.262 e. The van der Waals surface area contributed by atoms with Crippen LogP contribution >= 0.6 is 0 Å². The van der Waals surface area contributed by atoms with Crippen LogP contribution in [0.4, 0.5) is 21.8 Å². The molecule has 0 spiro atoms. The molecule has 3 fully saturated rings. The number of carbonyl (C=O) groups is 5. The van der Waals surface area contributed by atoms with Gasteiger partial charge in [-0.3, -0.25) is 33.9 Å². The lowest BCUT2D eigenvalue weighted by molar-refractivity contribution is -0.124. The number of benzene rings is 2. The Balaban J connectivity index is 0.931. The predicted molar refractivity (Wildman–Crippen MR) is 231 cm³/mol. The van der Waals surface area contributed by atoms with Crippen LogP contribution in [0.2, 0.25) is 0 Å². The van der Waals surface area contributed by atoms with Crippen LogP contribution in [0.5, 0.6) is 0 Å². The topological polar surface area (TPSA) is 198 Å². The van der Waals surface area contributed by atoms with Crippen molar-refractivity contribution in [2.24, 2.45) is 0 Å². The number of rotatable bonds is 16. The lowest BCUT2D eigenvalue weighted by atomic mass is 10.1. The van der Waals surface area contributed by atoms with Gasteiger partial charge >= 0.3 is 0 Å². The number of nitriles is 1. The molecule has 2 N–H and O–H groups in total. The Bertz CT molecular complexity index is 2250. The Morgan fingerprint density at radius 2 is 1.76 bits per heavy atom.